The van der Waals surface area contributed by atoms with Crippen molar-refractivity contribution in [2.45, 2.75) is 32.7 Å². The van der Waals surface area contributed by atoms with Crippen LogP contribution in [0, 0.1) is 5.82 Å². The van der Waals surface area contributed by atoms with Crippen LogP contribution in [0.25, 0.3) is 0 Å². The molecule has 1 aromatic heterocycles. The Labute approximate surface area is 136 Å². The highest BCUT2D eigenvalue weighted by molar-refractivity contribution is 5.93. The van der Waals surface area contributed by atoms with Gasteiger partial charge in [-0.15, -0.1) is 0 Å². The monoisotopic (exact) mass is 315 g/mol. The third-order valence-electron chi connectivity index (χ3n) is 3.14. The molecule has 2 N–H and O–H groups in total. The largest absolute Gasteiger partial charge is 0.385 e. The van der Waals surface area contributed by atoms with E-state index in [-0.39, 0.29) is 17.3 Å². The molecule has 0 bridgehead atoms. The van der Waals surface area contributed by atoms with Gasteiger partial charge in [0.1, 0.15) is 11.5 Å². The van der Waals surface area contributed by atoms with Crippen molar-refractivity contribution in [3.05, 3.63) is 59.7 Å². The molecule has 1 amide bonds. The SMILES string of the molecule is CC(C)(C)NC(=O)c1cc(NCCc2ccc(F)cc2)ccn1. The van der Waals surface area contributed by atoms with Gasteiger partial charge in [0.05, 0.1) is 0 Å². The minimum atomic E-state index is -0.301. The molecule has 0 fully saturated rings. The molecule has 2 aromatic rings. The molecule has 23 heavy (non-hydrogen) atoms. The zero-order valence-corrected chi connectivity index (χ0v) is 13.7. The summed E-state index contributed by atoms with van der Waals surface area (Å²) in [5.41, 5.74) is 1.97. The van der Waals surface area contributed by atoms with Crippen molar-refractivity contribution in [3.63, 3.8) is 0 Å². The summed E-state index contributed by atoms with van der Waals surface area (Å²) in [6, 6.07) is 10.00. The summed E-state index contributed by atoms with van der Waals surface area (Å²) in [5, 5.41) is 6.14. The van der Waals surface area contributed by atoms with Crippen molar-refractivity contribution >= 4 is 11.6 Å². The molecule has 2 rings (SSSR count). The Hall–Kier alpha value is -2.43. The standard InChI is InChI=1S/C18H22FN3O/c1-18(2,3)22-17(23)16-12-15(9-11-21-16)20-10-8-13-4-6-14(19)7-5-13/h4-7,9,11-12H,8,10H2,1-3H3,(H,20,21)(H,22,23). The zero-order valence-electron chi connectivity index (χ0n) is 13.7. The Morgan fingerprint density at radius 2 is 1.87 bits per heavy atom. The number of nitrogens with one attached hydrogen (secondary N) is 2. The summed E-state index contributed by atoms with van der Waals surface area (Å²) in [7, 11) is 0. The van der Waals surface area contributed by atoms with Gasteiger partial charge in [-0.25, -0.2) is 4.39 Å². The number of pyridine rings is 1. The Balaban J connectivity index is 1.92. The van der Waals surface area contributed by atoms with Gasteiger partial charge in [0, 0.05) is 24.0 Å². The van der Waals surface area contributed by atoms with Gasteiger partial charge in [-0.2, -0.15) is 0 Å². The maximum atomic E-state index is 12.9. The Kier molecular flexibility index (Phi) is 5.32. The highest BCUT2D eigenvalue weighted by Gasteiger charge is 2.16. The number of carbonyl (C=O) groups excluding carboxylic acids is 1. The van der Waals surface area contributed by atoms with Crippen LogP contribution in [0.2, 0.25) is 0 Å². The number of rotatable bonds is 5. The molecule has 5 heteroatoms. The van der Waals surface area contributed by atoms with Gasteiger partial charge in [-0.1, -0.05) is 12.1 Å². The molecule has 1 aromatic carbocycles. The predicted octanol–water partition coefficient (Wildman–Crippen LogP) is 3.40. The van der Waals surface area contributed by atoms with E-state index in [0.29, 0.717) is 12.2 Å². The molecule has 0 atom stereocenters. The fourth-order valence-electron chi connectivity index (χ4n) is 2.07. The van der Waals surface area contributed by atoms with Crippen molar-refractivity contribution in [1.82, 2.24) is 10.3 Å². The number of nitrogens with zero attached hydrogens (tertiary/aromatic N) is 1. The molecule has 4 nitrogen and oxygen atoms in total. The fraction of sp³-hybridized carbons (Fsp3) is 0.333. The second-order valence-electron chi connectivity index (χ2n) is 6.44. The van der Waals surface area contributed by atoms with E-state index < -0.39 is 0 Å². The third-order valence-corrected chi connectivity index (χ3v) is 3.14. The van der Waals surface area contributed by atoms with E-state index in [4.69, 9.17) is 0 Å². The van der Waals surface area contributed by atoms with E-state index in [2.05, 4.69) is 15.6 Å². The quantitative estimate of drug-likeness (QED) is 0.889. The van der Waals surface area contributed by atoms with Crippen LogP contribution in [0.15, 0.2) is 42.6 Å². The normalized spacial score (nSPS) is 11.1. The van der Waals surface area contributed by atoms with E-state index in [1.54, 1.807) is 24.4 Å². The number of hydrogen-bond donors (Lipinski definition) is 2. The lowest BCUT2D eigenvalue weighted by Gasteiger charge is -2.20. The van der Waals surface area contributed by atoms with E-state index in [0.717, 1.165) is 17.7 Å². The molecule has 0 spiro atoms. The Morgan fingerprint density at radius 1 is 1.17 bits per heavy atom. The molecular formula is C18H22FN3O. The first kappa shape index (κ1) is 16.9. The Bertz CT molecular complexity index is 663. The number of carbonyl (C=O) groups is 1. The van der Waals surface area contributed by atoms with Gasteiger partial charge in [0.15, 0.2) is 0 Å². The number of anilines is 1. The minimum Gasteiger partial charge on any atom is -0.385 e. The first-order chi connectivity index (χ1) is 10.8. The summed E-state index contributed by atoms with van der Waals surface area (Å²) < 4.78 is 12.9. The summed E-state index contributed by atoms with van der Waals surface area (Å²) in [4.78, 5) is 16.2. The molecule has 1 heterocycles. The third kappa shape index (κ3) is 5.70. The lowest BCUT2D eigenvalue weighted by Crippen LogP contribution is -2.40. The fourth-order valence-corrected chi connectivity index (χ4v) is 2.07. The number of amides is 1. The van der Waals surface area contributed by atoms with Gasteiger partial charge in [-0.3, -0.25) is 9.78 Å². The highest BCUT2D eigenvalue weighted by Crippen LogP contribution is 2.10. The van der Waals surface area contributed by atoms with Crippen molar-refractivity contribution in [1.29, 1.82) is 0 Å². The lowest BCUT2D eigenvalue weighted by molar-refractivity contribution is 0.0914. The minimum absolute atomic E-state index is 0.195. The van der Waals surface area contributed by atoms with Crippen LogP contribution in [-0.2, 0) is 6.42 Å². The van der Waals surface area contributed by atoms with E-state index in [9.17, 15) is 9.18 Å². The van der Waals surface area contributed by atoms with Gasteiger partial charge in [-0.05, 0) is 57.0 Å². The number of halogens is 1. The van der Waals surface area contributed by atoms with Gasteiger partial charge in [0.25, 0.3) is 5.91 Å². The zero-order chi connectivity index (χ0) is 16.9. The summed E-state index contributed by atoms with van der Waals surface area (Å²) in [5.74, 6) is -0.426. The molecule has 0 saturated carbocycles. The summed E-state index contributed by atoms with van der Waals surface area (Å²) >= 11 is 0. The molecular weight excluding hydrogens is 293 g/mol. The van der Waals surface area contributed by atoms with Crippen LogP contribution in [0.1, 0.15) is 36.8 Å². The molecule has 0 aliphatic carbocycles. The maximum Gasteiger partial charge on any atom is 0.270 e. The second kappa shape index (κ2) is 7.22. The van der Waals surface area contributed by atoms with Crippen LogP contribution in [0.3, 0.4) is 0 Å². The van der Waals surface area contributed by atoms with Crippen molar-refractivity contribution in [2.75, 3.05) is 11.9 Å². The lowest BCUT2D eigenvalue weighted by atomic mass is 10.1. The molecule has 0 unspecified atom stereocenters. The Morgan fingerprint density at radius 3 is 2.52 bits per heavy atom. The highest BCUT2D eigenvalue weighted by atomic mass is 19.1. The molecule has 0 radical (unpaired) electrons. The van der Waals surface area contributed by atoms with Crippen molar-refractivity contribution in [2.24, 2.45) is 0 Å². The maximum absolute atomic E-state index is 12.9. The summed E-state index contributed by atoms with van der Waals surface area (Å²) in [6.07, 6.45) is 2.38. The molecule has 0 aliphatic heterocycles. The van der Waals surface area contributed by atoms with Crippen molar-refractivity contribution < 1.29 is 9.18 Å². The van der Waals surface area contributed by atoms with Crippen molar-refractivity contribution in [3.8, 4) is 0 Å². The number of aromatic nitrogens is 1. The average molecular weight is 315 g/mol. The van der Waals surface area contributed by atoms with Gasteiger partial charge >= 0.3 is 0 Å². The second-order valence-corrected chi connectivity index (χ2v) is 6.44. The first-order valence-electron chi connectivity index (χ1n) is 7.60. The van der Waals surface area contributed by atoms with Crippen LogP contribution >= 0.6 is 0 Å². The van der Waals surface area contributed by atoms with Crippen LogP contribution in [0.4, 0.5) is 10.1 Å². The van der Waals surface area contributed by atoms with Gasteiger partial charge in [0.2, 0.25) is 0 Å². The molecule has 0 aliphatic rings. The van der Waals surface area contributed by atoms with E-state index in [1.807, 2.05) is 26.8 Å². The van der Waals surface area contributed by atoms with Crippen LogP contribution in [-0.4, -0.2) is 23.0 Å². The predicted molar refractivity (Wildman–Crippen MR) is 90.0 cm³/mol. The summed E-state index contributed by atoms with van der Waals surface area (Å²) in [6.45, 7) is 6.47. The molecule has 122 valence electrons. The van der Waals surface area contributed by atoms with E-state index >= 15 is 0 Å². The molecule has 0 saturated heterocycles. The topological polar surface area (TPSA) is 54.0 Å². The van der Waals surface area contributed by atoms with Crippen LogP contribution < -0.4 is 10.6 Å². The van der Waals surface area contributed by atoms with E-state index in [1.165, 1.54) is 12.1 Å². The number of hydrogen-bond acceptors (Lipinski definition) is 3. The smallest absolute Gasteiger partial charge is 0.270 e. The van der Waals surface area contributed by atoms with Crippen LogP contribution in [0.5, 0.6) is 0 Å². The number of benzene rings is 1. The average Bonchev–Trinajstić information content (AvgIpc) is 2.48. The first-order valence-corrected chi connectivity index (χ1v) is 7.60. The van der Waals surface area contributed by atoms with Gasteiger partial charge < -0.3 is 10.6 Å².